The van der Waals surface area contributed by atoms with E-state index in [1.54, 1.807) is 43.3 Å². The number of carbonyl (C=O) groups excluding carboxylic acids is 1. The number of amides is 1. The van der Waals surface area contributed by atoms with Gasteiger partial charge in [0.05, 0.1) is 23.5 Å². The van der Waals surface area contributed by atoms with Crippen LogP contribution in [0.2, 0.25) is 0 Å². The largest absolute Gasteiger partial charge is 0.394 e. The van der Waals surface area contributed by atoms with E-state index in [2.05, 4.69) is 10.8 Å². The SMILES string of the molecule is Cc1ccc(Nc2ccccc2C(=O)NOCC(O)CO)c(F)c1. The monoisotopic (exact) mass is 334 g/mol. The Bertz CT molecular complexity index is 709. The zero-order valence-electron chi connectivity index (χ0n) is 13.1. The average molecular weight is 334 g/mol. The van der Waals surface area contributed by atoms with Crippen molar-refractivity contribution >= 4 is 17.3 Å². The Morgan fingerprint density at radius 2 is 2.00 bits per heavy atom. The van der Waals surface area contributed by atoms with Crippen LogP contribution in [-0.2, 0) is 4.84 Å². The molecule has 0 fully saturated rings. The molecule has 128 valence electrons. The van der Waals surface area contributed by atoms with Gasteiger partial charge >= 0.3 is 0 Å². The molecular formula is C17H19FN2O4. The Morgan fingerprint density at radius 3 is 2.71 bits per heavy atom. The molecule has 0 aliphatic carbocycles. The summed E-state index contributed by atoms with van der Waals surface area (Å²) < 4.78 is 14.0. The third-order valence-electron chi connectivity index (χ3n) is 3.22. The highest BCUT2D eigenvalue weighted by molar-refractivity contribution is 5.99. The van der Waals surface area contributed by atoms with Gasteiger partial charge in [0.25, 0.3) is 5.91 Å². The van der Waals surface area contributed by atoms with E-state index < -0.39 is 24.4 Å². The van der Waals surface area contributed by atoms with Crippen LogP contribution in [-0.4, -0.2) is 35.4 Å². The molecule has 6 nitrogen and oxygen atoms in total. The molecule has 2 aromatic rings. The summed E-state index contributed by atoms with van der Waals surface area (Å²) in [6.07, 6.45) is -1.08. The van der Waals surface area contributed by atoms with Gasteiger partial charge in [-0.25, -0.2) is 9.87 Å². The molecule has 24 heavy (non-hydrogen) atoms. The maximum atomic E-state index is 14.0. The fourth-order valence-electron chi connectivity index (χ4n) is 1.97. The summed E-state index contributed by atoms with van der Waals surface area (Å²) in [4.78, 5) is 17.0. The summed E-state index contributed by atoms with van der Waals surface area (Å²) in [5.74, 6) is -0.983. The lowest BCUT2D eigenvalue weighted by Gasteiger charge is -2.13. The number of aliphatic hydroxyl groups excluding tert-OH is 2. The van der Waals surface area contributed by atoms with E-state index in [1.807, 2.05) is 0 Å². The van der Waals surface area contributed by atoms with Crippen molar-refractivity contribution in [1.82, 2.24) is 5.48 Å². The minimum atomic E-state index is -1.08. The fraction of sp³-hybridized carbons (Fsp3) is 0.235. The number of carbonyl (C=O) groups is 1. The molecule has 1 atom stereocenters. The molecule has 0 aliphatic rings. The molecule has 1 unspecified atom stereocenters. The molecule has 2 aromatic carbocycles. The van der Waals surface area contributed by atoms with Crippen molar-refractivity contribution in [2.45, 2.75) is 13.0 Å². The number of aryl methyl sites for hydroxylation is 1. The number of hydrogen-bond donors (Lipinski definition) is 4. The zero-order valence-corrected chi connectivity index (χ0v) is 13.1. The van der Waals surface area contributed by atoms with Crippen LogP contribution >= 0.6 is 0 Å². The van der Waals surface area contributed by atoms with Gasteiger partial charge < -0.3 is 15.5 Å². The second-order valence-corrected chi connectivity index (χ2v) is 5.23. The lowest BCUT2D eigenvalue weighted by atomic mass is 10.1. The van der Waals surface area contributed by atoms with Gasteiger partial charge in [-0.3, -0.25) is 9.63 Å². The molecule has 0 spiro atoms. The van der Waals surface area contributed by atoms with Crippen molar-refractivity contribution in [2.75, 3.05) is 18.5 Å². The Balaban J connectivity index is 2.10. The van der Waals surface area contributed by atoms with Crippen molar-refractivity contribution in [2.24, 2.45) is 0 Å². The van der Waals surface area contributed by atoms with Crippen LogP contribution < -0.4 is 10.8 Å². The fourth-order valence-corrected chi connectivity index (χ4v) is 1.97. The molecule has 0 bridgehead atoms. The smallest absolute Gasteiger partial charge is 0.276 e. The number of aliphatic hydroxyl groups is 2. The lowest BCUT2D eigenvalue weighted by molar-refractivity contribution is -0.0295. The van der Waals surface area contributed by atoms with Gasteiger partial charge in [0.2, 0.25) is 0 Å². The number of nitrogens with one attached hydrogen (secondary N) is 2. The van der Waals surface area contributed by atoms with Crippen LogP contribution in [0, 0.1) is 12.7 Å². The van der Waals surface area contributed by atoms with E-state index in [9.17, 15) is 9.18 Å². The molecule has 0 heterocycles. The Hall–Kier alpha value is -2.48. The molecule has 0 aliphatic heterocycles. The summed E-state index contributed by atoms with van der Waals surface area (Å²) in [5, 5.41) is 20.7. The van der Waals surface area contributed by atoms with Gasteiger partial charge in [0.1, 0.15) is 18.5 Å². The average Bonchev–Trinajstić information content (AvgIpc) is 2.57. The summed E-state index contributed by atoms with van der Waals surface area (Å²) in [6.45, 7) is 1.07. The van der Waals surface area contributed by atoms with Gasteiger partial charge in [-0.1, -0.05) is 18.2 Å². The highest BCUT2D eigenvalue weighted by Gasteiger charge is 2.13. The molecule has 1 amide bonds. The highest BCUT2D eigenvalue weighted by Crippen LogP contribution is 2.23. The minimum absolute atomic E-state index is 0.246. The van der Waals surface area contributed by atoms with Crippen LogP contribution in [0.4, 0.5) is 15.8 Å². The summed E-state index contributed by atoms with van der Waals surface area (Å²) in [6, 6.07) is 11.3. The molecule has 0 saturated carbocycles. The Morgan fingerprint density at radius 1 is 1.25 bits per heavy atom. The quantitative estimate of drug-likeness (QED) is 0.581. The summed E-state index contributed by atoms with van der Waals surface area (Å²) in [5.41, 5.74) is 3.86. The number of para-hydroxylation sites is 1. The first-order valence-corrected chi connectivity index (χ1v) is 7.34. The van der Waals surface area contributed by atoms with Crippen LogP contribution in [0.15, 0.2) is 42.5 Å². The van der Waals surface area contributed by atoms with Crippen molar-refractivity contribution in [1.29, 1.82) is 0 Å². The maximum Gasteiger partial charge on any atom is 0.276 e. The van der Waals surface area contributed by atoms with Gasteiger partial charge in [0, 0.05) is 0 Å². The van der Waals surface area contributed by atoms with E-state index in [0.717, 1.165) is 5.56 Å². The predicted octanol–water partition coefficient (Wildman–Crippen LogP) is 1.89. The van der Waals surface area contributed by atoms with E-state index in [0.29, 0.717) is 5.69 Å². The van der Waals surface area contributed by atoms with E-state index >= 15 is 0 Å². The van der Waals surface area contributed by atoms with E-state index in [1.165, 1.54) is 6.07 Å². The first-order chi connectivity index (χ1) is 11.5. The van der Waals surface area contributed by atoms with Crippen molar-refractivity contribution < 1.29 is 24.2 Å². The number of hydrogen-bond acceptors (Lipinski definition) is 5. The Labute approximate surface area is 138 Å². The molecule has 0 radical (unpaired) electrons. The number of anilines is 2. The molecule has 7 heteroatoms. The molecule has 4 N–H and O–H groups in total. The van der Waals surface area contributed by atoms with Crippen molar-refractivity contribution in [3.8, 4) is 0 Å². The van der Waals surface area contributed by atoms with Crippen LogP contribution in [0.3, 0.4) is 0 Å². The van der Waals surface area contributed by atoms with Crippen LogP contribution in [0.25, 0.3) is 0 Å². The normalized spacial score (nSPS) is 11.8. The second kappa shape index (κ2) is 8.39. The maximum absolute atomic E-state index is 14.0. The zero-order chi connectivity index (χ0) is 17.5. The number of benzene rings is 2. The summed E-state index contributed by atoms with van der Waals surface area (Å²) >= 11 is 0. The van der Waals surface area contributed by atoms with Gasteiger partial charge in [-0.15, -0.1) is 0 Å². The van der Waals surface area contributed by atoms with Gasteiger partial charge in [0.15, 0.2) is 0 Å². The van der Waals surface area contributed by atoms with E-state index in [4.69, 9.17) is 15.1 Å². The van der Waals surface area contributed by atoms with Crippen molar-refractivity contribution in [3.05, 3.63) is 59.4 Å². The van der Waals surface area contributed by atoms with E-state index in [-0.39, 0.29) is 17.9 Å². The van der Waals surface area contributed by atoms with Crippen LogP contribution in [0.5, 0.6) is 0 Å². The molecular weight excluding hydrogens is 315 g/mol. The first kappa shape index (κ1) is 17.9. The second-order valence-electron chi connectivity index (χ2n) is 5.23. The topological polar surface area (TPSA) is 90.8 Å². The number of rotatable bonds is 7. The highest BCUT2D eigenvalue weighted by atomic mass is 19.1. The summed E-state index contributed by atoms with van der Waals surface area (Å²) in [7, 11) is 0. The number of halogens is 1. The lowest BCUT2D eigenvalue weighted by Crippen LogP contribution is -2.30. The molecule has 0 aromatic heterocycles. The van der Waals surface area contributed by atoms with Crippen LogP contribution in [0.1, 0.15) is 15.9 Å². The first-order valence-electron chi connectivity index (χ1n) is 7.34. The predicted molar refractivity (Wildman–Crippen MR) is 87.4 cm³/mol. The minimum Gasteiger partial charge on any atom is -0.394 e. The third-order valence-corrected chi connectivity index (χ3v) is 3.22. The molecule has 2 rings (SSSR count). The number of hydroxylamine groups is 1. The van der Waals surface area contributed by atoms with Gasteiger partial charge in [-0.05, 0) is 36.8 Å². The van der Waals surface area contributed by atoms with Gasteiger partial charge in [-0.2, -0.15) is 0 Å². The third kappa shape index (κ3) is 4.76. The standard InChI is InChI=1S/C17H19FN2O4/c1-11-6-7-16(14(18)8-11)19-15-5-3-2-4-13(15)17(23)20-24-10-12(22)9-21/h2-8,12,19,21-22H,9-10H2,1H3,(H,20,23). The molecule has 0 saturated heterocycles. The van der Waals surface area contributed by atoms with Crippen molar-refractivity contribution in [3.63, 3.8) is 0 Å². The Kier molecular flexibility index (Phi) is 6.25.